The van der Waals surface area contributed by atoms with Crippen molar-refractivity contribution in [1.29, 1.82) is 21.0 Å². The van der Waals surface area contributed by atoms with Crippen LogP contribution in [0.5, 0.6) is 0 Å². The van der Waals surface area contributed by atoms with Gasteiger partial charge in [0.25, 0.3) is 0 Å². The Balaban J connectivity index is 1.05. The van der Waals surface area contributed by atoms with Crippen molar-refractivity contribution >= 4 is 51.2 Å². The maximum absolute atomic E-state index is 9.89. The van der Waals surface area contributed by atoms with Crippen LogP contribution in [0.2, 0.25) is 0 Å². The molecule has 0 bridgehead atoms. The summed E-state index contributed by atoms with van der Waals surface area (Å²) in [5.41, 5.74) is 13.4. The lowest BCUT2D eigenvalue weighted by Crippen LogP contribution is -2.13. The fourth-order valence-corrected chi connectivity index (χ4v) is 8.17. The first kappa shape index (κ1) is 40.7. The van der Waals surface area contributed by atoms with Crippen molar-refractivity contribution in [1.82, 2.24) is 0 Å². The molecule has 9 rings (SSSR count). The summed E-state index contributed by atoms with van der Waals surface area (Å²) in [5, 5.41) is 39.0. The molecule has 0 atom stereocenters. The van der Waals surface area contributed by atoms with Gasteiger partial charge in [-0.15, -0.1) is 0 Å². The Morgan fingerprint density at radius 2 is 0.477 bits per heavy atom. The fourth-order valence-electron chi connectivity index (χ4n) is 8.17. The largest absolute Gasteiger partial charge is 0.311 e. The summed E-state index contributed by atoms with van der Waals surface area (Å²) in [5.74, 6) is 0. The molecular formula is C58H37N7. The molecule has 0 aliphatic rings. The zero-order chi connectivity index (χ0) is 44.5. The summed E-state index contributed by atoms with van der Waals surface area (Å²) < 4.78 is 0. The van der Waals surface area contributed by atoms with E-state index in [1.54, 1.807) is 24.3 Å². The molecule has 9 aromatic rings. The average Bonchev–Trinajstić information content (AvgIpc) is 3.38. The van der Waals surface area contributed by atoms with Gasteiger partial charge in [0.15, 0.2) is 0 Å². The highest BCUT2D eigenvalue weighted by Gasteiger charge is 2.19. The lowest BCUT2D eigenvalue weighted by Gasteiger charge is -2.29. The first-order valence-corrected chi connectivity index (χ1v) is 20.9. The normalized spacial score (nSPS) is 10.4. The topological polar surface area (TPSA) is 105 Å². The van der Waals surface area contributed by atoms with Gasteiger partial charge in [0.1, 0.15) is 24.3 Å². The predicted octanol–water partition coefficient (Wildman–Crippen LogP) is 14.9. The molecule has 0 amide bonds. The van der Waals surface area contributed by atoms with Crippen molar-refractivity contribution in [2.45, 2.75) is 0 Å². The smallest absolute Gasteiger partial charge is 0.101 e. The minimum absolute atomic E-state index is 0.356. The summed E-state index contributed by atoms with van der Waals surface area (Å²) in [7, 11) is 0. The van der Waals surface area contributed by atoms with E-state index in [1.807, 2.05) is 115 Å². The molecule has 0 spiro atoms. The van der Waals surface area contributed by atoms with Gasteiger partial charge in [-0.3, -0.25) is 0 Å². The van der Waals surface area contributed by atoms with E-state index >= 15 is 0 Å². The van der Waals surface area contributed by atoms with Crippen LogP contribution in [0.4, 0.5) is 51.2 Å². The number of hydrogen-bond donors (Lipinski definition) is 0. The number of nitrogens with zero attached hydrogens (tertiary/aromatic N) is 7. The standard InChI is InChI=1S/C58H37N7/c59-38-44-12-10-20-55(57(44)40-61)42-22-26-49(27-23-42)63(46-14-4-1-5-15-46)51-30-34-53(35-31-51)65(48-18-8-3-9-19-48)54-36-32-52(33-37-54)64(47-16-6-2-7-17-47)50-28-24-43(25-29-50)56-21-11-13-45(39-60)58(56)41-62/h1-37H. The van der Waals surface area contributed by atoms with Gasteiger partial charge in [0.05, 0.1) is 22.3 Å². The Bertz CT molecular complexity index is 3060. The van der Waals surface area contributed by atoms with Crippen LogP contribution in [0.25, 0.3) is 22.3 Å². The molecule has 7 heteroatoms. The molecule has 0 unspecified atom stereocenters. The minimum atomic E-state index is 0.356. The molecule has 0 aliphatic carbocycles. The van der Waals surface area contributed by atoms with Crippen LogP contribution in [0.15, 0.2) is 224 Å². The number of anilines is 9. The van der Waals surface area contributed by atoms with Crippen LogP contribution in [0.1, 0.15) is 22.3 Å². The molecule has 0 saturated carbocycles. The summed E-state index contributed by atoms with van der Waals surface area (Å²) in [6, 6.07) is 83.3. The maximum Gasteiger partial charge on any atom is 0.101 e. The number of hydrogen-bond acceptors (Lipinski definition) is 7. The molecule has 9 aromatic carbocycles. The van der Waals surface area contributed by atoms with Gasteiger partial charge < -0.3 is 14.7 Å². The second kappa shape index (κ2) is 18.5. The van der Waals surface area contributed by atoms with Crippen molar-refractivity contribution in [2.24, 2.45) is 0 Å². The summed E-state index contributed by atoms with van der Waals surface area (Å²) in [6.07, 6.45) is 0. The molecular weight excluding hydrogens is 795 g/mol. The molecule has 0 fully saturated rings. The third-order valence-electron chi connectivity index (χ3n) is 11.2. The molecule has 7 nitrogen and oxygen atoms in total. The highest BCUT2D eigenvalue weighted by Crippen LogP contribution is 2.42. The van der Waals surface area contributed by atoms with Crippen LogP contribution in [0, 0.1) is 45.3 Å². The quantitative estimate of drug-likeness (QED) is 0.128. The van der Waals surface area contributed by atoms with Crippen LogP contribution in [-0.4, -0.2) is 0 Å². The summed E-state index contributed by atoms with van der Waals surface area (Å²) in [6.45, 7) is 0. The van der Waals surface area contributed by atoms with Gasteiger partial charge in [-0.2, -0.15) is 21.0 Å². The number of nitriles is 4. The van der Waals surface area contributed by atoms with Crippen molar-refractivity contribution in [2.75, 3.05) is 14.7 Å². The van der Waals surface area contributed by atoms with E-state index in [-0.39, 0.29) is 0 Å². The van der Waals surface area contributed by atoms with Crippen molar-refractivity contribution in [3.63, 3.8) is 0 Å². The Hall–Kier alpha value is -9.66. The monoisotopic (exact) mass is 831 g/mol. The molecule has 0 N–H and O–H groups in total. The van der Waals surface area contributed by atoms with E-state index in [2.05, 4.69) is 124 Å². The first-order chi connectivity index (χ1) is 32.1. The van der Waals surface area contributed by atoms with E-state index < -0.39 is 0 Å². The zero-order valence-corrected chi connectivity index (χ0v) is 35.0. The Morgan fingerprint density at radius 1 is 0.231 bits per heavy atom. The van der Waals surface area contributed by atoms with Gasteiger partial charge in [0, 0.05) is 62.3 Å². The van der Waals surface area contributed by atoms with Gasteiger partial charge in [0.2, 0.25) is 0 Å². The molecule has 0 saturated heterocycles. The summed E-state index contributed by atoms with van der Waals surface area (Å²) in [4.78, 5) is 6.63. The highest BCUT2D eigenvalue weighted by atomic mass is 15.2. The number of para-hydroxylation sites is 3. The van der Waals surface area contributed by atoms with Crippen LogP contribution in [0.3, 0.4) is 0 Å². The van der Waals surface area contributed by atoms with Gasteiger partial charge in [-0.1, -0.05) is 103 Å². The van der Waals surface area contributed by atoms with E-state index in [0.717, 1.165) is 73.4 Å². The molecule has 0 aliphatic heterocycles. The fraction of sp³-hybridized carbons (Fsp3) is 0. The highest BCUT2D eigenvalue weighted by molar-refractivity contribution is 5.85. The second-order valence-corrected chi connectivity index (χ2v) is 15.0. The lowest BCUT2D eigenvalue weighted by molar-refractivity contribution is 1.24. The lowest BCUT2D eigenvalue weighted by atomic mass is 9.96. The summed E-state index contributed by atoms with van der Waals surface area (Å²) >= 11 is 0. The van der Waals surface area contributed by atoms with Crippen molar-refractivity contribution in [3.05, 3.63) is 247 Å². The van der Waals surface area contributed by atoms with E-state index in [0.29, 0.717) is 22.3 Å². The Labute approximate surface area is 378 Å². The Kier molecular flexibility index (Phi) is 11.6. The molecule has 65 heavy (non-hydrogen) atoms. The third kappa shape index (κ3) is 8.25. The van der Waals surface area contributed by atoms with Crippen molar-refractivity contribution < 1.29 is 0 Å². The molecule has 0 heterocycles. The van der Waals surface area contributed by atoms with Gasteiger partial charge in [-0.25, -0.2) is 0 Å². The maximum atomic E-state index is 9.89. The molecule has 0 aromatic heterocycles. The van der Waals surface area contributed by atoms with Crippen LogP contribution >= 0.6 is 0 Å². The van der Waals surface area contributed by atoms with Crippen LogP contribution in [-0.2, 0) is 0 Å². The Morgan fingerprint density at radius 3 is 0.723 bits per heavy atom. The zero-order valence-electron chi connectivity index (χ0n) is 35.0. The molecule has 0 radical (unpaired) electrons. The number of benzene rings is 9. The van der Waals surface area contributed by atoms with E-state index in [9.17, 15) is 21.0 Å². The number of rotatable bonds is 11. The minimum Gasteiger partial charge on any atom is -0.311 e. The SMILES string of the molecule is N#Cc1cccc(-c2ccc(N(c3ccccc3)c3ccc(N(c4ccccc4)c4ccc(N(c5ccccc5)c5ccc(-c6cccc(C#N)c6C#N)cc5)cc4)cc3)cc2)c1C#N. The van der Waals surface area contributed by atoms with E-state index in [1.165, 1.54) is 0 Å². The predicted molar refractivity (Wildman–Crippen MR) is 260 cm³/mol. The third-order valence-corrected chi connectivity index (χ3v) is 11.2. The first-order valence-electron chi connectivity index (χ1n) is 20.9. The molecule has 304 valence electrons. The average molecular weight is 832 g/mol. The second-order valence-electron chi connectivity index (χ2n) is 15.0. The van der Waals surface area contributed by atoms with Crippen LogP contribution < -0.4 is 14.7 Å². The van der Waals surface area contributed by atoms with Gasteiger partial charge >= 0.3 is 0 Å². The van der Waals surface area contributed by atoms with Gasteiger partial charge in [-0.05, 0) is 132 Å². The van der Waals surface area contributed by atoms with E-state index in [4.69, 9.17) is 0 Å². The van der Waals surface area contributed by atoms with Crippen molar-refractivity contribution in [3.8, 4) is 46.5 Å².